The number of benzene rings is 1. The molecule has 1 saturated carbocycles. The minimum atomic E-state index is -0.917. The van der Waals surface area contributed by atoms with Gasteiger partial charge in [0.1, 0.15) is 5.82 Å². The van der Waals surface area contributed by atoms with Crippen LogP contribution in [0.3, 0.4) is 0 Å². The molecule has 1 aliphatic heterocycles. The zero-order chi connectivity index (χ0) is 16.0. The normalized spacial score (nSPS) is 20.4. The van der Waals surface area contributed by atoms with E-state index in [4.69, 9.17) is 11.6 Å². The molecule has 0 bridgehead atoms. The minimum Gasteiger partial charge on any atom is -0.349 e. The maximum atomic E-state index is 14.2. The van der Waals surface area contributed by atoms with Gasteiger partial charge in [0.15, 0.2) is 0 Å². The molecule has 3 rings (SSSR count). The molecule has 1 aromatic carbocycles. The molecule has 1 heterocycles. The molecule has 0 spiro atoms. The van der Waals surface area contributed by atoms with Crippen LogP contribution in [0.5, 0.6) is 0 Å². The van der Waals surface area contributed by atoms with Gasteiger partial charge in [-0.1, -0.05) is 17.7 Å². The Labute approximate surface area is 135 Å². The van der Waals surface area contributed by atoms with Gasteiger partial charge in [0.2, 0.25) is 5.91 Å². The second kappa shape index (κ2) is 5.50. The average Bonchev–Trinajstić information content (AvgIpc) is 3.13. The fourth-order valence-electron chi connectivity index (χ4n) is 2.96. The van der Waals surface area contributed by atoms with E-state index in [9.17, 15) is 9.18 Å². The second-order valence-corrected chi connectivity index (χ2v) is 7.55. The maximum absolute atomic E-state index is 14.2. The summed E-state index contributed by atoms with van der Waals surface area (Å²) in [5.41, 5.74) is -0.634. The lowest BCUT2D eigenvalue weighted by molar-refractivity contribution is -0.127. The quantitative estimate of drug-likeness (QED) is 0.902. The van der Waals surface area contributed by atoms with Gasteiger partial charge in [-0.25, -0.2) is 4.39 Å². The van der Waals surface area contributed by atoms with Crippen molar-refractivity contribution in [2.24, 2.45) is 0 Å². The van der Waals surface area contributed by atoms with Crippen molar-refractivity contribution in [2.75, 3.05) is 19.6 Å². The van der Waals surface area contributed by atoms with E-state index in [2.05, 4.69) is 10.2 Å². The summed E-state index contributed by atoms with van der Waals surface area (Å²) in [6.45, 7) is 6.67. The first-order valence-corrected chi connectivity index (χ1v) is 8.21. The van der Waals surface area contributed by atoms with Gasteiger partial charge >= 0.3 is 0 Å². The molecule has 120 valence electrons. The highest BCUT2D eigenvalue weighted by atomic mass is 35.5. The molecule has 1 N–H and O–H groups in total. The summed E-state index contributed by atoms with van der Waals surface area (Å²) in [4.78, 5) is 15.1. The van der Waals surface area contributed by atoms with Crippen molar-refractivity contribution in [3.63, 3.8) is 0 Å². The van der Waals surface area contributed by atoms with Crippen molar-refractivity contribution >= 4 is 17.5 Å². The smallest absolute Gasteiger partial charge is 0.230 e. The molecule has 0 radical (unpaired) electrons. The Balaban J connectivity index is 1.72. The first kappa shape index (κ1) is 15.8. The molecule has 0 unspecified atom stereocenters. The van der Waals surface area contributed by atoms with Crippen molar-refractivity contribution < 1.29 is 9.18 Å². The third-order valence-electron chi connectivity index (χ3n) is 4.88. The Morgan fingerprint density at radius 3 is 2.59 bits per heavy atom. The number of nitrogens with zero attached hydrogens (tertiary/aromatic N) is 1. The number of carbonyl (C=O) groups excluding carboxylic acids is 1. The van der Waals surface area contributed by atoms with Crippen LogP contribution in [0, 0.1) is 5.82 Å². The number of halogens is 2. The van der Waals surface area contributed by atoms with Crippen molar-refractivity contribution in [2.45, 2.75) is 44.1 Å². The summed E-state index contributed by atoms with van der Waals surface area (Å²) in [5.74, 6) is -0.549. The Morgan fingerprint density at radius 2 is 2.09 bits per heavy atom. The van der Waals surface area contributed by atoms with E-state index in [1.165, 1.54) is 12.5 Å². The van der Waals surface area contributed by atoms with Crippen molar-refractivity contribution in [3.05, 3.63) is 34.6 Å². The Kier molecular flexibility index (Phi) is 3.94. The van der Waals surface area contributed by atoms with E-state index in [1.54, 1.807) is 26.0 Å². The summed E-state index contributed by atoms with van der Waals surface area (Å²) < 4.78 is 14.2. The summed E-state index contributed by atoms with van der Waals surface area (Å²) >= 11 is 5.80. The topological polar surface area (TPSA) is 32.3 Å². The molecule has 2 fully saturated rings. The van der Waals surface area contributed by atoms with Crippen LogP contribution in [-0.2, 0) is 10.2 Å². The van der Waals surface area contributed by atoms with Crippen LogP contribution < -0.4 is 5.32 Å². The average molecular weight is 325 g/mol. The van der Waals surface area contributed by atoms with Gasteiger partial charge in [0.05, 0.1) is 11.0 Å². The molecular weight excluding hydrogens is 303 g/mol. The number of amides is 1. The minimum absolute atomic E-state index is 0.0995. The van der Waals surface area contributed by atoms with E-state index in [0.717, 1.165) is 32.5 Å². The van der Waals surface area contributed by atoms with Crippen LogP contribution in [0.1, 0.15) is 38.7 Å². The first-order valence-electron chi connectivity index (χ1n) is 7.83. The lowest BCUT2D eigenvalue weighted by atomic mass is 9.83. The Morgan fingerprint density at radius 1 is 1.41 bits per heavy atom. The summed E-state index contributed by atoms with van der Waals surface area (Å²) in [6, 6.07) is 4.49. The molecule has 0 atom stereocenters. The number of nitrogens with one attached hydrogen (secondary N) is 1. The van der Waals surface area contributed by atoms with E-state index < -0.39 is 11.2 Å². The van der Waals surface area contributed by atoms with Gasteiger partial charge in [0.25, 0.3) is 0 Å². The maximum Gasteiger partial charge on any atom is 0.230 e. The highest BCUT2D eigenvalue weighted by molar-refractivity contribution is 6.30. The third-order valence-corrected chi connectivity index (χ3v) is 5.11. The molecule has 2 aliphatic rings. The van der Waals surface area contributed by atoms with Gasteiger partial charge in [-0.15, -0.1) is 0 Å². The van der Waals surface area contributed by atoms with Crippen molar-refractivity contribution in [3.8, 4) is 0 Å². The fourth-order valence-corrected chi connectivity index (χ4v) is 3.12. The number of hydrogen-bond acceptors (Lipinski definition) is 2. The van der Waals surface area contributed by atoms with Crippen LogP contribution in [0.25, 0.3) is 0 Å². The van der Waals surface area contributed by atoms with E-state index in [0.29, 0.717) is 10.6 Å². The summed E-state index contributed by atoms with van der Waals surface area (Å²) in [5, 5.41) is 3.51. The predicted molar refractivity (Wildman–Crippen MR) is 85.6 cm³/mol. The lowest BCUT2D eigenvalue weighted by Gasteiger charge is -2.36. The van der Waals surface area contributed by atoms with E-state index in [-0.39, 0.29) is 11.4 Å². The molecule has 3 nitrogen and oxygen atoms in total. The molecule has 0 aromatic heterocycles. The molecule has 1 amide bonds. The second-order valence-electron chi connectivity index (χ2n) is 7.11. The molecule has 1 aromatic rings. The number of rotatable bonds is 5. The first-order chi connectivity index (χ1) is 10.3. The largest absolute Gasteiger partial charge is 0.349 e. The van der Waals surface area contributed by atoms with E-state index >= 15 is 0 Å². The van der Waals surface area contributed by atoms with Crippen LogP contribution in [0.15, 0.2) is 18.2 Å². The van der Waals surface area contributed by atoms with Crippen LogP contribution in [0.4, 0.5) is 4.39 Å². The van der Waals surface area contributed by atoms with Crippen LogP contribution >= 0.6 is 11.6 Å². The standard InChI is InChI=1S/C17H22ClFN2O/c1-16(2,13-5-4-12(18)10-14(13)19)15(22)20-17(6-7-17)11-21-8-3-9-21/h4-5,10H,3,6-9,11H2,1-2H3,(H,20,22). The third kappa shape index (κ3) is 2.99. The Bertz CT molecular complexity index is 594. The predicted octanol–water partition coefficient (Wildman–Crippen LogP) is 3.11. The number of hydrogen-bond donors (Lipinski definition) is 1. The lowest BCUT2D eigenvalue weighted by Crippen LogP contribution is -2.53. The van der Waals surface area contributed by atoms with Gasteiger partial charge in [-0.2, -0.15) is 0 Å². The van der Waals surface area contributed by atoms with Crippen molar-refractivity contribution in [1.82, 2.24) is 10.2 Å². The molecule has 1 aliphatic carbocycles. The highest BCUT2D eigenvalue weighted by Gasteiger charge is 2.48. The van der Waals surface area contributed by atoms with E-state index in [1.807, 2.05) is 0 Å². The summed E-state index contributed by atoms with van der Waals surface area (Å²) in [6.07, 6.45) is 3.26. The monoisotopic (exact) mass is 324 g/mol. The van der Waals surface area contributed by atoms with Gasteiger partial charge in [0, 0.05) is 17.1 Å². The zero-order valence-corrected chi connectivity index (χ0v) is 13.8. The Hall–Kier alpha value is -1.13. The van der Waals surface area contributed by atoms with Gasteiger partial charge in [-0.3, -0.25) is 4.79 Å². The molecule has 22 heavy (non-hydrogen) atoms. The van der Waals surface area contributed by atoms with Gasteiger partial charge in [-0.05, 0) is 58.3 Å². The molecule has 5 heteroatoms. The van der Waals surface area contributed by atoms with Gasteiger partial charge < -0.3 is 10.2 Å². The highest BCUT2D eigenvalue weighted by Crippen LogP contribution is 2.39. The van der Waals surface area contributed by atoms with Crippen LogP contribution in [0.2, 0.25) is 5.02 Å². The molecule has 1 saturated heterocycles. The SMILES string of the molecule is CC(C)(C(=O)NC1(CN2CCC2)CC1)c1ccc(Cl)cc1F. The zero-order valence-electron chi connectivity index (χ0n) is 13.1. The number of carbonyl (C=O) groups is 1. The van der Waals surface area contributed by atoms with Crippen LogP contribution in [-0.4, -0.2) is 36.0 Å². The fraction of sp³-hybridized carbons (Fsp3) is 0.588. The molecular formula is C17H22ClFN2O. The number of likely N-dealkylation sites (tertiary alicyclic amines) is 1. The van der Waals surface area contributed by atoms with Crippen molar-refractivity contribution in [1.29, 1.82) is 0 Å². The summed E-state index contributed by atoms with van der Waals surface area (Å²) in [7, 11) is 0.